The molecule has 0 bridgehead atoms. The van der Waals surface area contributed by atoms with Gasteiger partial charge in [0.05, 0.1) is 12.7 Å². The Morgan fingerprint density at radius 3 is 2.84 bits per heavy atom. The summed E-state index contributed by atoms with van der Waals surface area (Å²) < 4.78 is 6.71. The van der Waals surface area contributed by atoms with Gasteiger partial charge in [-0.2, -0.15) is 0 Å². The van der Waals surface area contributed by atoms with Crippen LogP contribution >= 0.6 is 0 Å². The van der Waals surface area contributed by atoms with Crippen molar-refractivity contribution in [2.45, 2.75) is 31.3 Å². The largest absolute Gasteiger partial charge is 0.394 e. The molecule has 1 aromatic heterocycles. The number of aromatic amines is 1. The van der Waals surface area contributed by atoms with Crippen LogP contribution in [0.15, 0.2) is 15.8 Å². The minimum absolute atomic E-state index is 0.0635. The van der Waals surface area contributed by atoms with Crippen molar-refractivity contribution in [1.82, 2.24) is 9.55 Å². The molecule has 106 valence electrons. The van der Waals surface area contributed by atoms with Crippen molar-refractivity contribution in [3.63, 3.8) is 0 Å². The average Bonchev–Trinajstić information content (AvgIpc) is 2.71. The van der Waals surface area contributed by atoms with Crippen LogP contribution in [-0.2, 0) is 10.5 Å². The summed E-state index contributed by atoms with van der Waals surface area (Å²) in [7, 11) is 0. The molecular weight excluding hydrogens is 254 g/mol. The molecule has 19 heavy (non-hydrogen) atoms. The average molecular weight is 271 g/mol. The topological polar surface area (TPSA) is 131 Å². The Labute approximate surface area is 108 Å². The molecule has 0 aromatic carbocycles. The first-order valence-corrected chi connectivity index (χ1v) is 5.93. The summed E-state index contributed by atoms with van der Waals surface area (Å²) >= 11 is 0. The summed E-state index contributed by atoms with van der Waals surface area (Å²) in [6.45, 7) is 1.11. The molecule has 1 saturated heterocycles. The molecule has 5 N–H and O–H groups in total. The van der Waals surface area contributed by atoms with E-state index in [4.69, 9.17) is 15.6 Å². The maximum atomic E-state index is 11.9. The first-order valence-electron chi connectivity index (χ1n) is 5.93. The number of aryl methyl sites for hydroxylation is 1. The van der Waals surface area contributed by atoms with E-state index in [1.54, 1.807) is 6.92 Å². The predicted molar refractivity (Wildman–Crippen MR) is 65.7 cm³/mol. The van der Waals surface area contributed by atoms with Crippen LogP contribution in [0.2, 0.25) is 0 Å². The summed E-state index contributed by atoms with van der Waals surface area (Å²) in [6, 6.07) is 0. The molecular formula is C11H17N3O5. The van der Waals surface area contributed by atoms with E-state index in [0.717, 1.165) is 0 Å². The van der Waals surface area contributed by atoms with Crippen molar-refractivity contribution >= 4 is 0 Å². The third-order valence-corrected chi connectivity index (χ3v) is 3.39. The molecule has 8 heteroatoms. The van der Waals surface area contributed by atoms with Crippen molar-refractivity contribution in [3.8, 4) is 0 Å². The van der Waals surface area contributed by atoms with Gasteiger partial charge in [-0.15, -0.1) is 0 Å². The normalized spacial score (nSPS) is 30.7. The molecule has 8 nitrogen and oxygen atoms in total. The van der Waals surface area contributed by atoms with Crippen molar-refractivity contribution in [3.05, 3.63) is 32.6 Å². The van der Waals surface area contributed by atoms with Crippen LogP contribution in [0.3, 0.4) is 0 Å². The first kappa shape index (κ1) is 13.9. The zero-order valence-electron chi connectivity index (χ0n) is 10.5. The van der Waals surface area contributed by atoms with Crippen LogP contribution in [0.25, 0.3) is 0 Å². The highest BCUT2D eigenvalue weighted by Gasteiger charge is 2.47. The van der Waals surface area contributed by atoms with Gasteiger partial charge in [0.15, 0.2) is 5.72 Å². The number of nitrogens with one attached hydrogen (secondary N) is 1. The maximum Gasteiger partial charge on any atom is 0.330 e. The summed E-state index contributed by atoms with van der Waals surface area (Å²) in [5.41, 5.74) is 3.61. The van der Waals surface area contributed by atoms with E-state index in [-0.39, 0.29) is 19.6 Å². The van der Waals surface area contributed by atoms with Gasteiger partial charge < -0.3 is 20.7 Å². The van der Waals surface area contributed by atoms with Crippen LogP contribution in [0.1, 0.15) is 12.0 Å². The number of ether oxygens (including phenoxy) is 1. The first-order chi connectivity index (χ1) is 8.93. The van der Waals surface area contributed by atoms with Crippen molar-refractivity contribution in [2.24, 2.45) is 5.73 Å². The molecule has 0 spiro atoms. The summed E-state index contributed by atoms with van der Waals surface area (Å²) in [5.74, 6) is 0. The quantitative estimate of drug-likeness (QED) is 0.485. The number of aliphatic hydroxyl groups excluding tert-OH is 2. The van der Waals surface area contributed by atoms with E-state index in [9.17, 15) is 14.7 Å². The van der Waals surface area contributed by atoms with Crippen LogP contribution in [0.4, 0.5) is 0 Å². The van der Waals surface area contributed by atoms with E-state index in [2.05, 4.69) is 4.98 Å². The van der Waals surface area contributed by atoms with Gasteiger partial charge in [-0.05, 0) is 6.92 Å². The van der Waals surface area contributed by atoms with Crippen LogP contribution in [0.5, 0.6) is 0 Å². The van der Waals surface area contributed by atoms with Gasteiger partial charge in [0.2, 0.25) is 0 Å². The standard InChI is InChI=1S/C11H17N3O5/c1-6-3-14(10(18)13-9(6)17)11(5-12)2-7(16)8(4-15)19-11/h3,7-8,15-16H,2,4-5,12H2,1H3,(H,13,17,18)/t7?,8-,11+/m1/s1. The fourth-order valence-electron chi connectivity index (χ4n) is 2.28. The molecule has 0 aliphatic carbocycles. The Morgan fingerprint density at radius 1 is 1.63 bits per heavy atom. The van der Waals surface area contributed by atoms with Crippen molar-refractivity contribution in [2.75, 3.05) is 13.2 Å². The smallest absolute Gasteiger partial charge is 0.330 e. The number of H-pyrrole nitrogens is 1. The molecule has 2 heterocycles. The number of aromatic nitrogens is 2. The lowest BCUT2D eigenvalue weighted by Gasteiger charge is -2.29. The Kier molecular flexibility index (Phi) is 3.59. The molecule has 3 atom stereocenters. The minimum atomic E-state index is -1.25. The number of aliphatic hydroxyl groups is 2. The van der Waals surface area contributed by atoms with Crippen LogP contribution in [0, 0.1) is 6.92 Å². The van der Waals surface area contributed by atoms with E-state index in [0.29, 0.717) is 5.56 Å². The third-order valence-electron chi connectivity index (χ3n) is 3.39. The van der Waals surface area contributed by atoms with Crippen LogP contribution < -0.4 is 17.0 Å². The lowest BCUT2D eigenvalue weighted by atomic mass is 10.1. The fourth-order valence-corrected chi connectivity index (χ4v) is 2.28. The molecule has 0 radical (unpaired) electrons. The Bertz CT molecular complexity index is 580. The van der Waals surface area contributed by atoms with Gasteiger partial charge in [-0.1, -0.05) is 0 Å². The van der Waals surface area contributed by atoms with Crippen molar-refractivity contribution < 1.29 is 14.9 Å². The number of nitrogens with two attached hydrogens (primary N) is 1. The molecule has 2 rings (SSSR count). The SMILES string of the molecule is Cc1cn([C@@]2(CN)CC(O)[C@@H](CO)O2)c(=O)[nH]c1=O. The van der Waals surface area contributed by atoms with Gasteiger partial charge in [0.25, 0.3) is 5.56 Å². The monoisotopic (exact) mass is 271 g/mol. The summed E-state index contributed by atoms with van der Waals surface area (Å²) in [5, 5.41) is 18.9. The molecule has 1 fully saturated rings. The van der Waals surface area contributed by atoms with E-state index >= 15 is 0 Å². The summed E-state index contributed by atoms with van der Waals surface area (Å²) in [4.78, 5) is 25.4. The molecule has 1 aliphatic rings. The molecule has 1 aliphatic heterocycles. The highest BCUT2D eigenvalue weighted by atomic mass is 16.6. The Morgan fingerprint density at radius 2 is 2.32 bits per heavy atom. The Balaban J connectivity index is 2.52. The number of hydrogen-bond acceptors (Lipinski definition) is 6. The predicted octanol–water partition coefficient (Wildman–Crippen LogP) is -2.40. The van der Waals surface area contributed by atoms with Gasteiger partial charge in [0.1, 0.15) is 6.10 Å². The lowest BCUT2D eigenvalue weighted by Crippen LogP contribution is -2.49. The second-order valence-corrected chi connectivity index (χ2v) is 4.70. The zero-order valence-corrected chi connectivity index (χ0v) is 10.5. The van der Waals surface area contributed by atoms with Gasteiger partial charge in [0, 0.05) is 24.7 Å². The van der Waals surface area contributed by atoms with E-state index < -0.39 is 29.2 Å². The summed E-state index contributed by atoms with van der Waals surface area (Å²) in [6.07, 6.45) is -0.309. The van der Waals surface area contributed by atoms with Gasteiger partial charge >= 0.3 is 5.69 Å². The number of rotatable bonds is 3. The van der Waals surface area contributed by atoms with E-state index in [1.165, 1.54) is 10.8 Å². The van der Waals surface area contributed by atoms with E-state index in [1.807, 2.05) is 0 Å². The number of nitrogens with zero attached hydrogens (tertiary/aromatic N) is 1. The lowest BCUT2D eigenvalue weighted by molar-refractivity contribution is -0.113. The Hall–Kier alpha value is -1.48. The van der Waals surface area contributed by atoms with Crippen molar-refractivity contribution in [1.29, 1.82) is 0 Å². The highest BCUT2D eigenvalue weighted by Crippen LogP contribution is 2.33. The maximum absolute atomic E-state index is 11.9. The van der Waals surface area contributed by atoms with Gasteiger partial charge in [-0.3, -0.25) is 14.3 Å². The third kappa shape index (κ3) is 2.23. The fraction of sp³-hybridized carbons (Fsp3) is 0.636. The second kappa shape index (κ2) is 4.89. The zero-order chi connectivity index (χ0) is 14.2. The second-order valence-electron chi connectivity index (χ2n) is 4.70. The molecule has 1 aromatic rings. The molecule has 0 amide bonds. The molecule has 0 saturated carbocycles. The molecule has 1 unspecified atom stereocenters. The highest BCUT2D eigenvalue weighted by molar-refractivity contribution is 5.05. The van der Waals surface area contributed by atoms with Gasteiger partial charge in [-0.25, -0.2) is 4.79 Å². The van der Waals surface area contributed by atoms with Crippen LogP contribution in [-0.4, -0.2) is 45.1 Å². The minimum Gasteiger partial charge on any atom is -0.394 e. The number of hydrogen-bond donors (Lipinski definition) is 4.